The number of primary amides is 1. The molecule has 23 heavy (non-hydrogen) atoms. The number of carbonyl (C=O) groups is 2. The lowest BCUT2D eigenvalue weighted by molar-refractivity contribution is 0.0487. The van der Waals surface area contributed by atoms with Gasteiger partial charge in [0.25, 0.3) is 5.91 Å². The van der Waals surface area contributed by atoms with Crippen LogP contribution in [0.4, 0.5) is 0 Å². The van der Waals surface area contributed by atoms with Crippen LogP contribution in [0, 0.1) is 0 Å². The van der Waals surface area contributed by atoms with Crippen LogP contribution in [0.2, 0.25) is 0 Å². The molecule has 3 N–H and O–H groups in total. The highest BCUT2D eigenvalue weighted by atomic mass is 16.5. The van der Waals surface area contributed by atoms with Gasteiger partial charge < -0.3 is 24.8 Å². The van der Waals surface area contributed by atoms with Crippen LogP contribution >= 0.6 is 0 Å². The Kier molecular flexibility index (Phi) is 4.47. The SMILES string of the molecule is NC(=O)c1c[nH]c(C(=O)N(Cc2ccco2)CC2CCCO2)c1. The van der Waals surface area contributed by atoms with Gasteiger partial charge in [-0.05, 0) is 31.0 Å². The van der Waals surface area contributed by atoms with Gasteiger partial charge in [0.2, 0.25) is 5.91 Å². The first-order valence-electron chi connectivity index (χ1n) is 7.55. The standard InChI is InChI=1S/C16H19N3O4/c17-15(20)11-7-14(18-8-11)16(21)19(9-12-3-1-5-22-12)10-13-4-2-6-23-13/h1,3,5,7-8,13,18H,2,4,6,9-10H2,(H2,17,20). The number of carbonyl (C=O) groups excluding carboxylic acids is 2. The van der Waals surface area contributed by atoms with Crippen molar-refractivity contribution in [2.75, 3.05) is 13.2 Å². The Bertz CT molecular complexity index is 671. The fourth-order valence-corrected chi connectivity index (χ4v) is 2.67. The van der Waals surface area contributed by atoms with E-state index in [-0.39, 0.29) is 17.6 Å². The second-order valence-electron chi connectivity index (χ2n) is 5.57. The van der Waals surface area contributed by atoms with E-state index in [0.29, 0.717) is 24.5 Å². The van der Waals surface area contributed by atoms with E-state index in [0.717, 1.165) is 19.4 Å². The zero-order valence-electron chi connectivity index (χ0n) is 12.7. The van der Waals surface area contributed by atoms with Crippen molar-refractivity contribution in [2.24, 2.45) is 5.73 Å². The summed E-state index contributed by atoms with van der Waals surface area (Å²) in [7, 11) is 0. The number of H-pyrrole nitrogens is 1. The molecular weight excluding hydrogens is 298 g/mol. The smallest absolute Gasteiger partial charge is 0.270 e. The van der Waals surface area contributed by atoms with Crippen molar-refractivity contribution in [1.29, 1.82) is 0 Å². The maximum Gasteiger partial charge on any atom is 0.270 e. The van der Waals surface area contributed by atoms with E-state index in [1.807, 2.05) is 6.07 Å². The number of amides is 2. The molecule has 2 aromatic rings. The molecular formula is C16H19N3O4. The van der Waals surface area contributed by atoms with E-state index in [9.17, 15) is 9.59 Å². The molecule has 0 aliphatic carbocycles. The minimum Gasteiger partial charge on any atom is -0.467 e. The highest BCUT2D eigenvalue weighted by Crippen LogP contribution is 2.17. The second-order valence-corrected chi connectivity index (χ2v) is 5.57. The van der Waals surface area contributed by atoms with Gasteiger partial charge in [0.05, 0.1) is 24.5 Å². The predicted molar refractivity (Wildman–Crippen MR) is 81.7 cm³/mol. The first-order valence-corrected chi connectivity index (χ1v) is 7.55. The number of ether oxygens (including phenoxy) is 1. The van der Waals surface area contributed by atoms with Crippen molar-refractivity contribution >= 4 is 11.8 Å². The molecule has 2 aromatic heterocycles. The normalized spacial score (nSPS) is 17.3. The molecule has 1 saturated heterocycles. The molecule has 3 rings (SSSR count). The summed E-state index contributed by atoms with van der Waals surface area (Å²) in [6.45, 7) is 1.54. The number of furan rings is 1. The zero-order chi connectivity index (χ0) is 16.2. The van der Waals surface area contributed by atoms with Crippen LogP contribution < -0.4 is 5.73 Å². The maximum atomic E-state index is 12.7. The Labute approximate surface area is 133 Å². The molecule has 1 atom stereocenters. The van der Waals surface area contributed by atoms with E-state index in [1.165, 1.54) is 12.3 Å². The third-order valence-corrected chi connectivity index (χ3v) is 3.86. The molecule has 1 fully saturated rings. The van der Waals surface area contributed by atoms with Gasteiger partial charge in [-0.25, -0.2) is 0 Å². The van der Waals surface area contributed by atoms with Gasteiger partial charge in [-0.15, -0.1) is 0 Å². The summed E-state index contributed by atoms with van der Waals surface area (Å²) < 4.78 is 11.0. The molecule has 1 aliphatic rings. The van der Waals surface area contributed by atoms with Crippen molar-refractivity contribution < 1.29 is 18.7 Å². The number of hydrogen-bond donors (Lipinski definition) is 2. The third-order valence-electron chi connectivity index (χ3n) is 3.86. The minimum atomic E-state index is -0.572. The first kappa shape index (κ1) is 15.4. The fraction of sp³-hybridized carbons (Fsp3) is 0.375. The second kappa shape index (κ2) is 6.70. The highest BCUT2D eigenvalue weighted by Gasteiger charge is 2.25. The van der Waals surface area contributed by atoms with Gasteiger partial charge in [-0.2, -0.15) is 0 Å². The van der Waals surface area contributed by atoms with Gasteiger partial charge >= 0.3 is 0 Å². The molecule has 0 bridgehead atoms. The van der Waals surface area contributed by atoms with Gasteiger partial charge in [0.15, 0.2) is 0 Å². The zero-order valence-corrected chi connectivity index (χ0v) is 12.7. The van der Waals surface area contributed by atoms with Gasteiger partial charge in [0.1, 0.15) is 11.5 Å². The topological polar surface area (TPSA) is 102 Å². The van der Waals surface area contributed by atoms with Crippen molar-refractivity contribution in [1.82, 2.24) is 9.88 Å². The van der Waals surface area contributed by atoms with E-state index in [4.69, 9.17) is 14.9 Å². The largest absolute Gasteiger partial charge is 0.467 e. The number of hydrogen-bond acceptors (Lipinski definition) is 4. The Hall–Kier alpha value is -2.54. The van der Waals surface area contributed by atoms with Crippen LogP contribution in [-0.2, 0) is 11.3 Å². The predicted octanol–water partition coefficient (Wildman–Crippen LogP) is 1.53. The number of rotatable bonds is 6. The number of aromatic amines is 1. The molecule has 2 amide bonds. The van der Waals surface area contributed by atoms with Crippen LogP contribution in [0.5, 0.6) is 0 Å². The van der Waals surface area contributed by atoms with Gasteiger partial charge in [0, 0.05) is 19.3 Å². The molecule has 0 saturated carbocycles. The Morgan fingerprint density at radius 2 is 2.30 bits per heavy atom. The number of nitrogens with one attached hydrogen (secondary N) is 1. The third kappa shape index (κ3) is 3.62. The summed E-state index contributed by atoms with van der Waals surface area (Å²) in [4.78, 5) is 28.4. The molecule has 1 unspecified atom stereocenters. The molecule has 1 aliphatic heterocycles. The van der Waals surface area contributed by atoms with Crippen molar-refractivity contribution in [3.05, 3.63) is 47.7 Å². The summed E-state index contributed by atoms with van der Waals surface area (Å²) in [5.41, 5.74) is 5.83. The lowest BCUT2D eigenvalue weighted by atomic mass is 10.2. The summed E-state index contributed by atoms with van der Waals surface area (Å²) in [6.07, 6.45) is 4.97. The fourth-order valence-electron chi connectivity index (χ4n) is 2.67. The van der Waals surface area contributed by atoms with Gasteiger partial charge in [-0.3, -0.25) is 9.59 Å². The lowest BCUT2D eigenvalue weighted by Crippen LogP contribution is -2.37. The van der Waals surface area contributed by atoms with Crippen molar-refractivity contribution in [3.8, 4) is 0 Å². The minimum absolute atomic E-state index is 0.0273. The summed E-state index contributed by atoms with van der Waals surface area (Å²) in [6, 6.07) is 5.07. The van der Waals surface area contributed by atoms with Crippen LogP contribution in [0.3, 0.4) is 0 Å². The number of aromatic nitrogens is 1. The van der Waals surface area contributed by atoms with E-state index < -0.39 is 5.91 Å². The quantitative estimate of drug-likeness (QED) is 0.843. The van der Waals surface area contributed by atoms with Crippen LogP contribution in [0.25, 0.3) is 0 Å². The van der Waals surface area contributed by atoms with E-state index >= 15 is 0 Å². The Morgan fingerprint density at radius 1 is 1.43 bits per heavy atom. The van der Waals surface area contributed by atoms with Gasteiger partial charge in [-0.1, -0.05) is 0 Å². The van der Waals surface area contributed by atoms with Crippen molar-refractivity contribution in [3.63, 3.8) is 0 Å². The average Bonchev–Trinajstić information content (AvgIpc) is 3.28. The Morgan fingerprint density at radius 3 is 2.91 bits per heavy atom. The molecule has 3 heterocycles. The molecule has 7 heteroatoms. The number of nitrogens with two attached hydrogens (primary N) is 1. The van der Waals surface area contributed by atoms with Crippen LogP contribution in [0.15, 0.2) is 35.1 Å². The molecule has 0 aromatic carbocycles. The Balaban J connectivity index is 1.77. The molecule has 7 nitrogen and oxygen atoms in total. The summed E-state index contributed by atoms with van der Waals surface area (Å²) in [5.74, 6) is -0.0977. The van der Waals surface area contributed by atoms with E-state index in [1.54, 1.807) is 17.2 Å². The van der Waals surface area contributed by atoms with Crippen molar-refractivity contribution in [2.45, 2.75) is 25.5 Å². The lowest BCUT2D eigenvalue weighted by Gasteiger charge is -2.24. The molecule has 0 radical (unpaired) electrons. The molecule has 122 valence electrons. The summed E-state index contributed by atoms with van der Waals surface area (Å²) >= 11 is 0. The average molecular weight is 317 g/mol. The van der Waals surface area contributed by atoms with E-state index in [2.05, 4.69) is 4.98 Å². The van der Waals surface area contributed by atoms with Crippen LogP contribution in [0.1, 0.15) is 39.4 Å². The maximum absolute atomic E-state index is 12.7. The monoisotopic (exact) mass is 317 g/mol. The number of nitrogens with zero attached hydrogens (tertiary/aromatic N) is 1. The summed E-state index contributed by atoms with van der Waals surface area (Å²) in [5, 5.41) is 0. The highest BCUT2D eigenvalue weighted by molar-refractivity contribution is 5.98. The first-order chi connectivity index (χ1) is 11.1. The van der Waals surface area contributed by atoms with Crippen LogP contribution in [-0.4, -0.2) is 41.0 Å². The molecule has 0 spiro atoms.